The van der Waals surface area contributed by atoms with Gasteiger partial charge in [0, 0.05) is 13.1 Å². The number of carbonyl (C=O) groups excluding carboxylic acids is 1. The molecule has 2 fully saturated rings. The largest absolute Gasteiger partial charge is 0.492 e. The van der Waals surface area contributed by atoms with Crippen molar-refractivity contribution in [3.63, 3.8) is 0 Å². The number of rotatable bonds is 6. The molecule has 5 rings (SSSR count). The zero-order valence-electron chi connectivity index (χ0n) is 17.0. The Morgan fingerprint density at radius 2 is 2.07 bits per heavy atom. The van der Waals surface area contributed by atoms with Crippen LogP contribution in [0.15, 0.2) is 30.5 Å². The lowest BCUT2D eigenvalue weighted by Crippen LogP contribution is -2.22. The fourth-order valence-electron chi connectivity index (χ4n) is 4.70. The summed E-state index contributed by atoms with van der Waals surface area (Å²) in [5, 5.41) is 6.34. The molecule has 2 heterocycles. The summed E-state index contributed by atoms with van der Waals surface area (Å²) < 4.78 is 5.96. The van der Waals surface area contributed by atoms with Crippen LogP contribution in [-0.4, -0.2) is 31.1 Å². The summed E-state index contributed by atoms with van der Waals surface area (Å²) in [5.41, 5.74) is 5.74. The van der Waals surface area contributed by atoms with Crippen LogP contribution < -0.4 is 15.4 Å². The summed E-state index contributed by atoms with van der Waals surface area (Å²) in [5.74, 6) is 1.61. The number of amides is 1. The van der Waals surface area contributed by atoms with Crippen molar-refractivity contribution >= 4 is 5.91 Å². The molecule has 152 valence electrons. The van der Waals surface area contributed by atoms with Gasteiger partial charge in [-0.25, -0.2) is 4.98 Å². The smallest absolute Gasteiger partial charge is 0.269 e. The Kier molecular flexibility index (Phi) is 5.00. The van der Waals surface area contributed by atoms with Gasteiger partial charge in [0.15, 0.2) is 0 Å². The predicted octanol–water partition coefficient (Wildman–Crippen LogP) is 3.54. The molecule has 29 heavy (non-hydrogen) atoms. The number of carbonyl (C=O) groups is 1. The van der Waals surface area contributed by atoms with Crippen molar-refractivity contribution in [3.8, 4) is 5.75 Å². The van der Waals surface area contributed by atoms with Crippen LogP contribution in [-0.2, 0) is 12.8 Å². The lowest BCUT2D eigenvalue weighted by molar-refractivity contribution is 0.0956. The number of fused-ring (bicyclic) bond motifs is 1. The van der Waals surface area contributed by atoms with Gasteiger partial charge in [-0.3, -0.25) is 4.79 Å². The van der Waals surface area contributed by atoms with Gasteiger partial charge in [-0.1, -0.05) is 18.2 Å². The molecule has 2 aliphatic carbocycles. The minimum absolute atomic E-state index is 0.124. The van der Waals surface area contributed by atoms with E-state index >= 15 is 0 Å². The number of hydrogen-bond acceptors (Lipinski definition) is 4. The maximum absolute atomic E-state index is 12.5. The van der Waals surface area contributed by atoms with E-state index in [4.69, 9.17) is 4.74 Å². The van der Waals surface area contributed by atoms with E-state index in [0.29, 0.717) is 17.7 Å². The second-order valence-corrected chi connectivity index (χ2v) is 8.72. The zero-order valence-corrected chi connectivity index (χ0v) is 17.0. The first kappa shape index (κ1) is 18.6. The Morgan fingerprint density at radius 1 is 1.21 bits per heavy atom. The number of pyridine rings is 1. The Morgan fingerprint density at radius 3 is 2.83 bits per heavy atom. The third-order valence-electron chi connectivity index (χ3n) is 6.58. The highest BCUT2D eigenvalue weighted by Crippen LogP contribution is 2.38. The van der Waals surface area contributed by atoms with Gasteiger partial charge in [0.1, 0.15) is 11.4 Å². The summed E-state index contributed by atoms with van der Waals surface area (Å²) in [7, 11) is 1.66. The normalized spacial score (nSPS) is 23.1. The van der Waals surface area contributed by atoms with E-state index in [0.717, 1.165) is 37.3 Å². The Balaban J connectivity index is 1.40. The number of nitrogens with zero attached hydrogens (tertiary/aromatic N) is 1. The Labute approximate surface area is 172 Å². The second-order valence-electron chi connectivity index (χ2n) is 8.72. The summed E-state index contributed by atoms with van der Waals surface area (Å²) in [6, 6.07) is 9.47. The van der Waals surface area contributed by atoms with Gasteiger partial charge in [0.2, 0.25) is 0 Å². The molecule has 2 atom stereocenters. The molecule has 2 N–H and O–H groups in total. The first-order valence-corrected chi connectivity index (χ1v) is 10.9. The van der Waals surface area contributed by atoms with Gasteiger partial charge in [0.25, 0.3) is 5.91 Å². The Hall–Kier alpha value is -2.40. The highest BCUT2D eigenvalue weighted by atomic mass is 16.5. The molecule has 1 aliphatic heterocycles. The van der Waals surface area contributed by atoms with Crippen LogP contribution >= 0.6 is 0 Å². The third kappa shape index (κ3) is 3.88. The molecule has 1 saturated heterocycles. The topological polar surface area (TPSA) is 63.2 Å². The minimum atomic E-state index is -0.124. The fraction of sp³-hybridized carbons (Fsp3) is 0.500. The van der Waals surface area contributed by atoms with Gasteiger partial charge in [-0.2, -0.15) is 0 Å². The van der Waals surface area contributed by atoms with Crippen molar-refractivity contribution in [2.45, 2.75) is 50.5 Å². The lowest BCUT2D eigenvalue weighted by atomic mass is 9.94. The first-order chi connectivity index (χ1) is 14.2. The third-order valence-corrected chi connectivity index (χ3v) is 6.58. The number of ether oxygens (including phenoxy) is 1. The second kappa shape index (κ2) is 7.79. The monoisotopic (exact) mass is 391 g/mol. The van der Waals surface area contributed by atoms with Gasteiger partial charge in [0.05, 0.1) is 12.8 Å². The number of aromatic nitrogens is 1. The van der Waals surface area contributed by atoms with Crippen LogP contribution in [0.4, 0.5) is 0 Å². The summed E-state index contributed by atoms with van der Waals surface area (Å²) >= 11 is 0. The van der Waals surface area contributed by atoms with E-state index < -0.39 is 0 Å². The van der Waals surface area contributed by atoms with Gasteiger partial charge >= 0.3 is 0 Å². The van der Waals surface area contributed by atoms with Crippen LogP contribution in [0.2, 0.25) is 0 Å². The van der Waals surface area contributed by atoms with Crippen molar-refractivity contribution in [2.24, 2.45) is 5.92 Å². The molecule has 1 aromatic heterocycles. The summed E-state index contributed by atoms with van der Waals surface area (Å²) in [6.07, 6.45) is 8.58. The number of nitrogens with one attached hydrogen (secondary N) is 2. The summed E-state index contributed by atoms with van der Waals surface area (Å²) in [6.45, 7) is 1.86. The molecule has 0 bridgehead atoms. The average molecular weight is 392 g/mol. The van der Waals surface area contributed by atoms with E-state index in [1.54, 1.807) is 13.2 Å². The van der Waals surface area contributed by atoms with Crippen LogP contribution in [0.25, 0.3) is 0 Å². The van der Waals surface area contributed by atoms with E-state index in [1.807, 2.05) is 0 Å². The van der Waals surface area contributed by atoms with Crippen LogP contribution in [0.1, 0.15) is 70.4 Å². The van der Waals surface area contributed by atoms with Crippen molar-refractivity contribution < 1.29 is 9.53 Å². The standard InChI is InChI=1S/C24H29N3O2/c1-25-24(28)23-21(12-20(13-27-23)29-14-15-4-5-15)19-9-16-6-7-17(10-18(16)11-19)22-3-2-8-26-22/h6-7,10,12-13,15,19,22,26H,2-5,8-9,11,14H2,1H3,(H,25,28)/t19-,22?/m1/s1. The predicted molar refractivity (Wildman–Crippen MR) is 112 cm³/mol. The molecular formula is C24H29N3O2. The molecule has 0 spiro atoms. The maximum atomic E-state index is 12.5. The van der Waals surface area contributed by atoms with E-state index in [9.17, 15) is 4.79 Å². The average Bonchev–Trinajstić information content (AvgIpc) is 3.24. The van der Waals surface area contributed by atoms with Gasteiger partial charge in [-0.05, 0) is 85.2 Å². The van der Waals surface area contributed by atoms with E-state index in [1.165, 1.54) is 42.4 Å². The van der Waals surface area contributed by atoms with Crippen LogP contribution in [0.3, 0.4) is 0 Å². The molecule has 5 heteroatoms. The number of hydrogen-bond donors (Lipinski definition) is 2. The molecule has 5 nitrogen and oxygen atoms in total. The summed E-state index contributed by atoms with van der Waals surface area (Å²) in [4.78, 5) is 16.9. The minimum Gasteiger partial charge on any atom is -0.492 e. The van der Waals surface area contributed by atoms with Crippen molar-refractivity contribution in [1.82, 2.24) is 15.6 Å². The van der Waals surface area contributed by atoms with Crippen molar-refractivity contribution in [1.29, 1.82) is 0 Å². The molecule has 1 aromatic carbocycles. The molecule has 1 unspecified atom stereocenters. The SMILES string of the molecule is CNC(=O)c1ncc(OCC2CC2)cc1[C@@H]1Cc2ccc(C3CCCN3)cc2C1. The molecular weight excluding hydrogens is 362 g/mol. The molecule has 0 radical (unpaired) electrons. The van der Waals surface area contributed by atoms with E-state index in [-0.39, 0.29) is 11.8 Å². The lowest BCUT2D eigenvalue weighted by Gasteiger charge is -2.16. The quantitative estimate of drug-likeness (QED) is 0.791. The number of benzene rings is 1. The van der Waals surface area contributed by atoms with Crippen molar-refractivity contribution in [2.75, 3.05) is 20.2 Å². The van der Waals surface area contributed by atoms with Crippen LogP contribution in [0.5, 0.6) is 5.75 Å². The Bertz CT molecular complexity index is 916. The molecule has 1 saturated carbocycles. The first-order valence-electron chi connectivity index (χ1n) is 10.9. The zero-order chi connectivity index (χ0) is 19.8. The van der Waals surface area contributed by atoms with E-state index in [2.05, 4.69) is 39.9 Å². The maximum Gasteiger partial charge on any atom is 0.269 e. The fourth-order valence-corrected chi connectivity index (χ4v) is 4.70. The van der Waals surface area contributed by atoms with Crippen molar-refractivity contribution in [3.05, 3.63) is 58.4 Å². The molecule has 3 aliphatic rings. The van der Waals surface area contributed by atoms with Gasteiger partial charge in [-0.15, -0.1) is 0 Å². The highest BCUT2D eigenvalue weighted by Gasteiger charge is 2.29. The van der Waals surface area contributed by atoms with Gasteiger partial charge < -0.3 is 15.4 Å². The molecule has 1 amide bonds. The highest BCUT2D eigenvalue weighted by molar-refractivity contribution is 5.93. The van der Waals surface area contributed by atoms with Crippen LogP contribution in [0, 0.1) is 5.92 Å². The molecule has 2 aromatic rings.